The molecule has 7 heteroatoms. The number of halogens is 1. The molecule has 1 N–H and O–H groups in total. The zero-order valence-electron chi connectivity index (χ0n) is 19.8. The highest BCUT2D eigenvalue weighted by atomic mass is 19.1. The minimum atomic E-state index is -0.484. The van der Waals surface area contributed by atoms with Crippen molar-refractivity contribution < 1.29 is 18.7 Å². The molecular weight excluding hydrogens is 433 g/mol. The van der Waals surface area contributed by atoms with E-state index >= 15 is 0 Å². The lowest BCUT2D eigenvalue weighted by Gasteiger charge is -2.33. The first-order valence-electron chi connectivity index (χ1n) is 11.5. The van der Waals surface area contributed by atoms with Crippen LogP contribution in [-0.4, -0.2) is 40.7 Å². The Balaban J connectivity index is 1.33. The van der Waals surface area contributed by atoms with Gasteiger partial charge in [0.15, 0.2) is 0 Å². The van der Waals surface area contributed by atoms with Crippen LogP contribution in [0, 0.1) is 5.82 Å². The molecule has 178 valence electrons. The number of benzene rings is 2. The first kappa shape index (κ1) is 23.5. The van der Waals surface area contributed by atoms with Crippen molar-refractivity contribution in [3.05, 3.63) is 72.5 Å². The number of ether oxygens (including phenoxy) is 2. The van der Waals surface area contributed by atoms with E-state index in [4.69, 9.17) is 14.5 Å². The van der Waals surface area contributed by atoms with Crippen LogP contribution in [0.1, 0.15) is 33.6 Å². The molecule has 1 saturated heterocycles. The van der Waals surface area contributed by atoms with Crippen LogP contribution in [0.5, 0.6) is 11.5 Å². The van der Waals surface area contributed by atoms with Gasteiger partial charge in [-0.1, -0.05) is 6.07 Å². The quantitative estimate of drug-likeness (QED) is 0.468. The lowest BCUT2D eigenvalue weighted by molar-refractivity contribution is 0.0210. The maximum Gasteiger partial charge on any atom is 0.410 e. The fourth-order valence-corrected chi connectivity index (χ4v) is 3.75. The minimum Gasteiger partial charge on any atom is -0.457 e. The van der Waals surface area contributed by atoms with Crippen LogP contribution in [0.4, 0.5) is 15.0 Å². The number of hydrogen-bond donors (Lipinski definition) is 1. The number of pyridine rings is 1. The van der Waals surface area contributed by atoms with E-state index in [1.165, 1.54) is 12.1 Å². The van der Waals surface area contributed by atoms with Crippen LogP contribution in [0.2, 0.25) is 0 Å². The number of aromatic nitrogens is 1. The number of nitrogens with one attached hydrogen (secondary N) is 1. The highest BCUT2D eigenvalue weighted by Gasteiger charge is 2.26. The van der Waals surface area contributed by atoms with E-state index in [1.54, 1.807) is 17.0 Å². The van der Waals surface area contributed by atoms with Gasteiger partial charge in [-0.2, -0.15) is 0 Å². The Hall–Kier alpha value is -3.61. The van der Waals surface area contributed by atoms with Crippen LogP contribution in [0.3, 0.4) is 0 Å². The van der Waals surface area contributed by atoms with Gasteiger partial charge in [0.05, 0.1) is 5.69 Å². The second-order valence-corrected chi connectivity index (χ2v) is 9.37. The number of carbonyl (C=O) groups is 1. The zero-order chi connectivity index (χ0) is 24.1. The molecule has 0 spiro atoms. The van der Waals surface area contributed by atoms with Crippen LogP contribution in [-0.2, 0) is 4.74 Å². The van der Waals surface area contributed by atoms with E-state index < -0.39 is 5.60 Å². The summed E-state index contributed by atoms with van der Waals surface area (Å²) in [5.74, 6) is 1.76. The SMILES string of the molecule is CC(C)(C)OC(=O)N1CCC(Nc2cccc(-c3ccc(Oc4ccc(F)cc4)cc3)n2)CC1. The Morgan fingerprint density at radius 2 is 1.59 bits per heavy atom. The summed E-state index contributed by atoms with van der Waals surface area (Å²) in [6.45, 7) is 6.95. The van der Waals surface area contributed by atoms with E-state index in [-0.39, 0.29) is 18.0 Å². The fourth-order valence-electron chi connectivity index (χ4n) is 3.75. The first-order chi connectivity index (χ1) is 16.2. The molecule has 2 aromatic carbocycles. The molecule has 1 aliphatic heterocycles. The Morgan fingerprint density at radius 1 is 0.971 bits per heavy atom. The number of likely N-dealkylation sites (tertiary alicyclic amines) is 1. The van der Waals surface area contributed by atoms with Gasteiger partial charge in [-0.15, -0.1) is 0 Å². The third kappa shape index (κ3) is 6.47. The number of hydrogen-bond acceptors (Lipinski definition) is 5. The lowest BCUT2D eigenvalue weighted by Crippen LogP contribution is -2.44. The van der Waals surface area contributed by atoms with Gasteiger partial charge in [0, 0.05) is 24.7 Å². The maximum absolute atomic E-state index is 13.1. The smallest absolute Gasteiger partial charge is 0.410 e. The average molecular weight is 464 g/mol. The van der Waals surface area contributed by atoms with Gasteiger partial charge in [0.1, 0.15) is 28.7 Å². The molecule has 0 bridgehead atoms. The molecule has 0 atom stereocenters. The fraction of sp³-hybridized carbons (Fsp3) is 0.333. The highest BCUT2D eigenvalue weighted by Crippen LogP contribution is 2.26. The summed E-state index contributed by atoms with van der Waals surface area (Å²) >= 11 is 0. The Bertz CT molecular complexity index is 1100. The third-order valence-electron chi connectivity index (χ3n) is 5.45. The molecule has 3 aromatic rings. The van der Waals surface area contributed by atoms with Crippen LogP contribution >= 0.6 is 0 Å². The van der Waals surface area contributed by atoms with Crippen molar-refractivity contribution in [2.24, 2.45) is 0 Å². The molecule has 1 aliphatic rings. The van der Waals surface area contributed by atoms with Crippen molar-refractivity contribution in [2.45, 2.75) is 45.3 Å². The molecule has 2 heterocycles. The van der Waals surface area contributed by atoms with Crippen molar-refractivity contribution in [3.8, 4) is 22.8 Å². The van der Waals surface area contributed by atoms with Crippen molar-refractivity contribution in [3.63, 3.8) is 0 Å². The highest BCUT2D eigenvalue weighted by molar-refractivity contribution is 5.68. The third-order valence-corrected chi connectivity index (χ3v) is 5.45. The summed E-state index contributed by atoms with van der Waals surface area (Å²) in [5, 5.41) is 3.50. The zero-order valence-corrected chi connectivity index (χ0v) is 19.8. The van der Waals surface area contributed by atoms with Gasteiger partial charge in [-0.05, 0) is 94.3 Å². The molecule has 0 unspecified atom stereocenters. The number of rotatable bonds is 5. The van der Waals surface area contributed by atoms with Crippen LogP contribution in [0.25, 0.3) is 11.3 Å². The minimum absolute atomic E-state index is 0.243. The molecule has 4 rings (SSSR count). The molecule has 0 radical (unpaired) electrons. The molecular formula is C27H30FN3O3. The van der Waals surface area contributed by atoms with Gasteiger partial charge >= 0.3 is 6.09 Å². The summed E-state index contributed by atoms with van der Waals surface area (Å²) in [7, 11) is 0. The lowest BCUT2D eigenvalue weighted by atomic mass is 10.1. The monoisotopic (exact) mass is 463 g/mol. The van der Waals surface area contributed by atoms with Crippen LogP contribution < -0.4 is 10.1 Å². The molecule has 1 amide bonds. The molecule has 34 heavy (non-hydrogen) atoms. The van der Waals surface area contributed by atoms with Gasteiger partial charge in [-0.3, -0.25) is 0 Å². The number of anilines is 1. The number of amides is 1. The molecule has 1 fully saturated rings. The Kier molecular flexibility index (Phi) is 7.01. The summed E-state index contributed by atoms with van der Waals surface area (Å²) in [4.78, 5) is 18.8. The second kappa shape index (κ2) is 10.1. The van der Waals surface area contributed by atoms with Crippen molar-refractivity contribution in [1.29, 1.82) is 0 Å². The van der Waals surface area contributed by atoms with E-state index in [9.17, 15) is 9.18 Å². The van der Waals surface area contributed by atoms with Crippen molar-refractivity contribution in [1.82, 2.24) is 9.88 Å². The summed E-state index contributed by atoms with van der Waals surface area (Å²) < 4.78 is 24.3. The second-order valence-electron chi connectivity index (χ2n) is 9.37. The van der Waals surface area contributed by atoms with Gasteiger partial charge in [0.25, 0.3) is 0 Å². The van der Waals surface area contributed by atoms with Gasteiger partial charge in [-0.25, -0.2) is 14.2 Å². The molecule has 6 nitrogen and oxygen atoms in total. The van der Waals surface area contributed by atoms with Crippen molar-refractivity contribution >= 4 is 11.9 Å². The number of carbonyl (C=O) groups excluding carboxylic acids is 1. The normalized spacial score (nSPS) is 14.5. The van der Waals surface area contributed by atoms with Gasteiger partial charge in [0.2, 0.25) is 0 Å². The summed E-state index contributed by atoms with van der Waals surface area (Å²) in [5.41, 5.74) is 1.33. The Morgan fingerprint density at radius 3 is 2.21 bits per heavy atom. The summed E-state index contributed by atoms with van der Waals surface area (Å²) in [6.07, 6.45) is 1.42. The first-order valence-corrected chi connectivity index (χ1v) is 11.5. The standard InChI is InChI=1S/C27H30FN3O3/c1-27(2,3)34-26(32)31-17-15-21(16-18-31)29-25-6-4-5-24(30-25)19-7-11-22(12-8-19)33-23-13-9-20(28)10-14-23/h4-14,21H,15-18H2,1-3H3,(H,29,30). The largest absolute Gasteiger partial charge is 0.457 e. The number of piperidine rings is 1. The maximum atomic E-state index is 13.1. The van der Waals surface area contributed by atoms with E-state index in [1.807, 2.05) is 63.2 Å². The van der Waals surface area contributed by atoms with E-state index in [0.29, 0.717) is 24.6 Å². The van der Waals surface area contributed by atoms with E-state index in [2.05, 4.69) is 5.32 Å². The van der Waals surface area contributed by atoms with E-state index in [0.717, 1.165) is 29.9 Å². The predicted octanol–water partition coefficient (Wildman–Crippen LogP) is 6.49. The molecule has 0 saturated carbocycles. The average Bonchev–Trinajstić information content (AvgIpc) is 2.81. The Labute approximate surface area is 199 Å². The molecule has 1 aromatic heterocycles. The van der Waals surface area contributed by atoms with Gasteiger partial charge < -0.3 is 19.7 Å². The molecule has 0 aliphatic carbocycles. The predicted molar refractivity (Wildman–Crippen MR) is 131 cm³/mol. The van der Waals surface area contributed by atoms with Crippen LogP contribution in [0.15, 0.2) is 66.7 Å². The number of nitrogens with zero attached hydrogens (tertiary/aromatic N) is 2. The van der Waals surface area contributed by atoms with Crippen molar-refractivity contribution in [2.75, 3.05) is 18.4 Å². The topological polar surface area (TPSA) is 63.7 Å². The summed E-state index contributed by atoms with van der Waals surface area (Å²) in [6, 6.07) is 19.7.